The molecular formula is C10H21NO2. The zero-order valence-corrected chi connectivity index (χ0v) is 8.92. The second-order valence-corrected chi connectivity index (χ2v) is 3.89. The minimum absolute atomic E-state index is 0.181. The summed E-state index contributed by atoms with van der Waals surface area (Å²) in [6.07, 6.45) is 4.14. The topological polar surface area (TPSA) is 40.5 Å². The summed E-state index contributed by atoms with van der Waals surface area (Å²) in [7, 11) is 4.11. The maximum atomic E-state index is 10.5. The molecule has 3 nitrogen and oxygen atoms in total. The largest absolute Gasteiger partial charge is 0.481 e. The van der Waals surface area contributed by atoms with E-state index in [1.54, 1.807) is 6.92 Å². The lowest BCUT2D eigenvalue weighted by atomic mass is 10.0. The average molecular weight is 187 g/mol. The summed E-state index contributed by atoms with van der Waals surface area (Å²) in [5, 5.41) is 8.62. The Hall–Kier alpha value is -0.570. The van der Waals surface area contributed by atoms with Crippen LogP contribution in [0.1, 0.15) is 32.6 Å². The summed E-state index contributed by atoms with van der Waals surface area (Å²) in [5.41, 5.74) is 0. The van der Waals surface area contributed by atoms with Gasteiger partial charge >= 0.3 is 5.97 Å². The van der Waals surface area contributed by atoms with Crippen LogP contribution >= 0.6 is 0 Å². The van der Waals surface area contributed by atoms with Gasteiger partial charge in [0, 0.05) is 0 Å². The molecule has 0 aromatic rings. The SMILES string of the molecule is CC(CCCCCN(C)C)C(=O)O. The summed E-state index contributed by atoms with van der Waals surface area (Å²) in [5.74, 6) is -0.855. The summed E-state index contributed by atoms with van der Waals surface area (Å²) in [4.78, 5) is 12.6. The van der Waals surface area contributed by atoms with E-state index >= 15 is 0 Å². The molecule has 3 heteroatoms. The third-order valence-electron chi connectivity index (χ3n) is 2.16. The fraction of sp³-hybridized carbons (Fsp3) is 0.900. The lowest BCUT2D eigenvalue weighted by Crippen LogP contribution is -2.13. The zero-order chi connectivity index (χ0) is 10.3. The third-order valence-corrected chi connectivity index (χ3v) is 2.16. The number of aliphatic carboxylic acids is 1. The van der Waals surface area contributed by atoms with E-state index < -0.39 is 5.97 Å². The first kappa shape index (κ1) is 12.4. The van der Waals surface area contributed by atoms with Crippen molar-refractivity contribution in [2.75, 3.05) is 20.6 Å². The number of hydrogen-bond acceptors (Lipinski definition) is 2. The van der Waals surface area contributed by atoms with Crippen molar-refractivity contribution in [1.82, 2.24) is 4.90 Å². The molecule has 0 heterocycles. The highest BCUT2D eigenvalue weighted by Crippen LogP contribution is 2.09. The molecule has 0 saturated carbocycles. The quantitative estimate of drug-likeness (QED) is 0.618. The molecule has 0 rings (SSSR count). The fourth-order valence-corrected chi connectivity index (χ4v) is 1.18. The molecule has 0 radical (unpaired) electrons. The number of hydrogen-bond donors (Lipinski definition) is 1. The van der Waals surface area contributed by atoms with Crippen LogP contribution in [0.4, 0.5) is 0 Å². The fourth-order valence-electron chi connectivity index (χ4n) is 1.18. The summed E-state index contributed by atoms with van der Waals surface area (Å²) in [6, 6.07) is 0. The summed E-state index contributed by atoms with van der Waals surface area (Å²) in [6.45, 7) is 2.87. The Bertz CT molecular complexity index is 146. The summed E-state index contributed by atoms with van der Waals surface area (Å²) < 4.78 is 0. The maximum absolute atomic E-state index is 10.5. The highest BCUT2D eigenvalue weighted by Gasteiger charge is 2.09. The van der Waals surface area contributed by atoms with Gasteiger partial charge in [-0.1, -0.05) is 19.8 Å². The molecule has 0 aliphatic carbocycles. The van der Waals surface area contributed by atoms with E-state index in [1.165, 1.54) is 6.42 Å². The van der Waals surface area contributed by atoms with Crippen molar-refractivity contribution >= 4 is 5.97 Å². The molecule has 0 aromatic carbocycles. The molecular weight excluding hydrogens is 166 g/mol. The van der Waals surface area contributed by atoms with E-state index in [-0.39, 0.29) is 5.92 Å². The predicted octanol–water partition coefficient (Wildman–Crippen LogP) is 1.83. The van der Waals surface area contributed by atoms with E-state index in [4.69, 9.17) is 5.11 Å². The average Bonchev–Trinajstić information content (AvgIpc) is 2.02. The van der Waals surface area contributed by atoms with Crippen LogP contribution in [0.5, 0.6) is 0 Å². The minimum atomic E-state index is -0.674. The van der Waals surface area contributed by atoms with E-state index in [0.29, 0.717) is 0 Å². The van der Waals surface area contributed by atoms with Gasteiger partial charge in [0.1, 0.15) is 0 Å². The summed E-state index contributed by atoms with van der Waals surface area (Å²) >= 11 is 0. The van der Waals surface area contributed by atoms with E-state index in [0.717, 1.165) is 25.8 Å². The zero-order valence-electron chi connectivity index (χ0n) is 8.92. The predicted molar refractivity (Wildman–Crippen MR) is 53.8 cm³/mol. The van der Waals surface area contributed by atoms with Crippen molar-refractivity contribution < 1.29 is 9.90 Å². The first-order valence-electron chi connectivity index (χ1n) is 4.91. The molecule has 1 unspecified atom stereocenters. The maximum Gasteiger partial charge on any atom is 0.306 e. The van der Waals surface area contributed by atoms with Crippen LogP contribution in [-0.4, -0.2) is 36.6 Å². The monoisotopic (exact) mass is 187 g/mol. The molecule has 0 bridgehead atoms. The van der Waals surface area contributed by atoms with Gasteiger partial charge in [-0.15, -0.1) is 0 Å². The smallest absolute Gasteiger partial charge is 0.306 e. The highest BCUT2D eigenvalue weighted by atomic mass is 16.4. The molecule has 0 saturated heterocycles. The van der Waals surface area contributed by atoms with Gasteiger partial charge in [-0.25, -0.2) is 0 Å². The minimum Gasteiger partial charge on any atom is -0.481 e. The van der Waals surface area contributed by atoms with Gasteiger partial charge < -0.3 is 10.0 Å². The lowest BCUT2D eigenvalue weighted by Gasteiger charge is -2.09. The van der Waals surface area contributed by atoms with E-state index in [9.17, 15) is 4.79 Å². The first-order valence-corrected chi connectivity index (χ1v) is 4.91. The number of carboxylic acid groups (broad SMARTS) is 1. The lowest BCUT2D eigenvalue weighted by molar-refractivity contribution is -0.141. The Labute approximate surface area is 80.7 Å². The van der Waals surface area contributed by atoms with Crippen molar-refractivity contribution in [2.24, 2.45) is 5.92 Å². The normalized spacial score (nSPS) is 13.2. The molecule has 0 aromatic heterocycles. The van der Waals surface area contributed by atoms with Crippen LogP contribution in [0, 0.1) is 5.92 Å². The molecule has 1 atom stereocenters. The van der Waals surface area contributed by atoms with Crippen molar-refractivity contribution in [3.63, 3.8) is 0 Å². The molecule has 0 fully saturated rings. The Kier molecular flexibility index (Phi) is 6.59. The second-order valence-electron chi connectivity index (χ2n) is 3.89. The van der Waals surface area contributed by atoms with Gasteiger partial charge in [-0.05, 0) is 33.5 Å². The van der Waals surface area contributed by atoms with Crippen LogP contribution < -0.4 is 0 Å². The van der Waals surface area contributed by atoms with Crippen molar-refractivity contribution in [3.05, 3.63) is 0 Å². The van der Waals surface area contributed by atoms with Crippen LogP contribution in [0.3, 0.4) is 0 Å². The van der Waals surface area contributed by atoms with Crippen LogP contribution in [0.15, 0.2) is 0 Å². The Morgan fingerprint density at radius 3 is 2.38 bits per heavy atom. The van der Waals surface area contributed by atoms with Crippen molar-refractivity contribution in [2.45, 2.75) is 32.6 Å². The molecule has 0 aliphatic heterocycles. The standard InChI is InChI=1S/C10H21NO2/c1-9(10(12)13)7-5-4-6-8-11(2)3/h9H,4-8H2,1-3H3,(H,12,13). The molecule has 0 amide bonds. The molecule has 0 spiro atoms. The Morgan fingerprint density at radius 2 is 1.92 bits per heavy atom. The number of carbonyl (C=O) groups is 1. The van der Waals surface area contributed by atoms with Gasteiger partial charge in [0.15, 0.2) is 0 Å². The number of rotatable bonds is 7. The number of unbranched alkanes of at least 4 members (excludes halogenated alkanes) is 2. The third kappa shape index (κ3) is 7.78. The van der Waals surface area contributed by atoms with E-state index in [1.807, 2.05) is 0 Å². The van der Waals surface area contributed by atoms with Crippen molar-refractivity contribution in [3.8, 4) is 0 Å². The molecule has 0 aliphatic rings. The van der Waals surface area contributed by atoms with Gasteiger partial charge in [-0.3, -0.25) is 4.79 Å². The van der Waals surface area contributed by atoms with Gasteiger partial charge in [0.2, 0.25) is 0 Å². The molecule has 13 heavy (non-hydrogen) atoms. The Morgan fingerprint density at radius 1 is 1.31 bits per heavy atom. The van der Waals surface area contributed by atoms with Gasteiger partial charge in [0.25, 0.3) is 0 Å². The van der Waals surface area contributed by atoms with Crippen LogP contribution in [-0.2, 0) is 4.79 Å². The second kappa shape index (κ2) is 6.89. The van der Waals surface area contributed by atoms with Crippen LogP contribution in [0.25, 0.3) is 0 Å². The molecule has 1 N–H and O–H groups in total. The van der Waals surface area contributed by atoms with Gasteiger partial charge in [-0.2, -0.15) is 0 Å². The molecule has 78 valence electrons. The van der Waals surface area contributed by atoms with Crippen molar-refractivity contribution in [1.29, 1.82) is 0 Å². The highest BCUT2D eigenvalue weighted by molar-refractivity contribution is 5.69. The number of nitrogens with zero attached hydrogens (tertiary/aromatic N) is 1. The first-order chi connectivity index (χ1) is 6.04. The van der Waals surface area contributed by atoms with E-state index in [2.05, 4.69) is 19.0 Å². The number of carboxylic acids is 1. The Balaban J connectivity index is 3.21. The van der Waals surface area contributed by atoms with Crippen LogP contribution in [0.2, 0.25) is 0 Å². The van der Waals surface area contributed by atoms with Gasteiger partial charge in [0.05, 0.1) is 5.92 Å².